The molecule has 0 aromatic carbocycles. The second-order valence-electron chi connectivity index (χ2n) is 5.14. The maximum Gasteiger partial charge on any atom is 0.391 e. The van der Waals surface area contributed by atoms with Gasteiger partial charge in [-0.15, -0.1) is 0 Å². The summed E-state index contributed by atoms with van der Waals surface area (Å²) < 4.78 is 37.5. The van der Waals surface area contributed by atoms with Crippen LogP contribution in [0.3, 0.4) is 0 Å². The Labute approximate surface area is 110 Å². The van der Waals surface area contributed by atoms with E-state index in [9.17, 15) is 22.8 Å². The van der Waals surface area contributed by atoms with Crippen molar-refractivity contribution in [1.29, 1.82) is 0 Å². The molecular formula is C13H20F3NO2. The average Bonchev–Trinajstić information content (AvgIpc) is 2.36. The third-order valence-electron chi connectivity index (χ3n) is 3.75. The number of ketones is 1. The van der Waals surface area contributed by atoms with E-state index in [2.05, 4.69) is 5.32 Å². The fourth-order valence-electron chi connectivity index (χ4n) is 2.40. The van der Waals surface area contributed by atoms with Crippen molar-refractivity contribution in [2.24, 2.45) is 11.8 Å². The molecule has 0 radical (unpaired) electrons. The lowest BCUT2D eigenvalue weighted by atomic mass is 9.81. The van der Waals surface area contributed by atoms with Crippen molar-refractivity contribution in [1.82, 2.24) is 5.32 Å². The Kier molecular flexibility index (Phi) is 5.38. The van der Waals surface area contributed by atoms with Crippen LogP contribution in [0.25, 0.3) is 0 Å². The zero-order chi connectivity index (χ0) is 14.6. The molecule has 0 aliphatic heterocycles. The van der Waals surface area contributed by atoms with Crippen molar-refractivity contribution in [3.63, 3.8) is 0 Å². The lowest BCUT2D eigenvalue weighted by molar-refractivity contribution is -0.184. The van der Waals surface area contributed by atoms with Crippen LogP contribution in [-0.4, -0.2) is 23.9 Å². The third kappa shape index (κ3) is 4.51. The monoisotopic (exact) mass is 279 g/mol. The molecule has 0 aromatic rings. The van der Waals surface area contributed by atoms with Crippen molar-refractivity contribution in [3.8, 4) is 0 Å². The minimum atomic E-state index is -4.16. The summed E-state index contributed by atoms with van der Waals surface area (Å²) >= 11 is 0. The summed E-state index contributed by atoms with van der Waals surface area (Å²) in [4.78, 5) is 23.2. The van der Waals surface area contributed by atoms with E-state index in [1.54, 1.807) is 13.8 Å². The molecule has 0 heterocycles. The lowest BCUT2D eigenvalue weighted by Gasteiger charge is -2.29. The summed E-state index contributed by atoms with van der Waals surface area (Å²) in [5, 5.41) is 2.58. The van der Waals surface area contributed by atoms with Crippen molar-refractivity contribution in [3.05, 3.63) is 0 Å². The van der Waals surface area contributed by atoms with Crippen molar-refractivity contribution < 1.29 is 22.8 Å². The lowest BCUT2D eigenvalue weighted by Crippen LogP contribution is -2.43. The van der Waals surface area contributed by atoms with E-state index < -0.39 is 24.1 Å². The number of amides is 1. The highest BCUT2D eigenvalue weighted by Crippen LogP contribution is 2.39. The molecule has 0 aromatic heterocycles. The Morgan fingerprint density at radius 3 is 2.16 bits per heavy atom. The van der Waals surface area contributed by atoms with Crippen molar-refractivity contribution in [2.75, 3.05) is 0 Å². The van der Waals surface area contributed by atoms with Crippen LogP contribution in [-0.2, 0) is 9.59 Å². The average molecular weight is 279 g/mol. The van der Waals surface area contributed by atoms with E-state index in [1.807, 2.05) is 0 Å². The molecule has 110 valence electrons. The number of halogens is 3. The standard InChI is InChI=1S/C13H20F3NO2/c1-3-11(18)8(2)17-12(19)9-4-6-10(7-5-9)13(14,15)16/h8-10H,3-7H2,1-2H3,(H,17,19). The van der Waals surface area contributed by atoms with Crippen LogP contribution in [0.1, 0.15) is 46.0 Å². The molecule has 1 N–H and O–H groups in total. The first-order valence-electron chi connectivity index (χ1n) is 6.65. The van der Waals surface area contributed by atoms with E-state index in [4.69, 9.17) is 0 Å². The van der Waals surface area contributed by atoms with E-state index in [1.165, 1.54) is 0 Å². The van der Waals surface area contributed by atoms with Gasteiger partial charge in [0.15, 0.2) is 5.78 Å². The van der Waals surface area contributed by atoms with Gasteiger partial charge in [0.1, 0.15) is 0 Å². The van der Waals surface area contributed by atoms with Crippen LogP contribution in [0.4, 0.5) is 13.2 Å². The second kappa shape index (κ2) is 6.39. The normalized spacial score (nSPS) is 25.7. The largest absolute Gasteiger partial charge is 0.391 e. The molecule has 1 unspecified atom stereocenters. The minimum absolute atomic E-state index is 0.00229. The van der Waals surface area contributed by atoms with Gasteiger partial charge in [-0.1, -0.05) is 6.92 Å². The van der Waals surface area contributed by atoms with Gasteiger partial charge in [-0.2, -0.15) is 13.2 Å². The number of nitrogens with one attached hydrogen (secondary N) is 1. The summed E-state index contributed by atoms with van der Waals surface area (Å²) in [6, 6.07) is -0.558. The fraction of sp³-hybridized carbons (Fsp3) is 0.846. The highest BCUT2D eigenvalue weighted by atomic mass is 19.4. The summed E-state index contributed by atoms with van der Waals surface area (Å²) in [6.45, 7) is 3.31. The summed E-state index contributed by atoms with van der Waals surface area (Å²) in [5.41, 5.74) is 0. The first-order chi connectivity index (χ1) is 8.75. The fourth-order valence-corrected chi connectivity index (χ4v) is 2.40. The number of alkyl halides is 3. The maximum absolute atomic E-state index is 12.5. The Morgan fingerprint density at radius 2 is 1.74 bits per heavy atom. The quantitative estimate of drug-likeness (QED) is 0.860. The summed E-state index contributed by atoms with van der Waals surface area (Å²) in [7, 11) is 0. The summed E-state index contributed by atoms with van der Waals surface area (Å²) in [5.74, 6) is -2.05. The Bertz CT molecular complexity index is 333. The van der Waals surface area contributed by atoms with Gasteiger partial charge in [0, 0.05) is 12.3 Å². The first kappa shape index (κ1) is 16.0. The second-order valence-corrected chi connectivity index (χ2v) is 5.14. The molecule has 6 heteroatoms. The molecule has 1 aliphatic rings. The molecule has 0 bridgehead atoms. The van der Waals surface area contributed by atoms with Crippen LogP contribution in [0.5, 0.6) is 0 Å². The Balaban J connectivity index is 2.43. The molecule has 1 rings (SSSR count). The first-order valence-corrected chi connectivity index (χ1v) is 6.65. The van der Waals surface area contributed by atoms with E-state index >= 15 is 0 Å². The predicted molar refractivity (Wildman–Crippen MR) is 64.4 cm³/mol. The molecule has 1 saturated carbocycles. The predicted octanol–water partition coefficient (Wildman–Crippen LogP) is 2.84. The van der Waals surface area contributed by atoms with Crippen LogP contribution < -0.4 is 5.32 Å². The van der Waals surface area contributed by atoms with Gasteiger partial charge in [0.2, 0.25) is 5.91 Å². The van der Waals surface area contributed by atoms with E-state index in [0.29, 0.717) is 6.42 Å². The zero-order valence-corrected chi connectivity index (χ0v) is 11.2. The Morgan fingerprint density at radius 1 is 1.21 bits per heavy atom. The van der Waals surface area contributed by atoms with Gasteiger partial charge in [0.25, 0.3) is 0 Å². The van der Waals surface area contributed by atoms with Gasteiger partial charge in [-0.05, 0) is 32.6 Å². The van der Waals surface area contributed by atoms with Gasteiger partial charge in [-0.25, -0.2) is 0 Å². The highest BCUT2D eigenvalue weighted by molar-refractivity contribution is 5.89. The molecule has 1 fully saturated rings. The zero-order valence-electron chi connectivity index (χ0n) is 11.2. The Hall–Kier alpha value is -1.07. The molecular weight excluding hydrogens is 259 g/mol. The number of rotatable bonds is 4. The van der Waals surface area contributed by atoms with E-state index in [0.717, 1.165) is 0 Å². The third-order valence-corrected chi connectivity index (χ3v) is 3.75. The minimum Gasteiger partial charge on any atom is -0.346 e. The van der Waals surface area contributed by atoms with Gasteiger partial charge in [0.05, 0.1) is 12.0 Å². The molecule has 1 amide bonds. The smallest absolute Gasteiger partial charge is 0.346 e. The number of carbonyl (C=O) groups excluding carboxylic acids is 2. The van der Waals surface area contributed by atoms with E-state index in [-0.39, 0.29) is 37.4 Å². The molecule has 19 heavy (non-hydrogen) atoms. The van der Waals surface area contributed by atoms with Crippen LogP contribution >= 0.6 is 0 Å². The molecule has 1 aliphatic carbocycles. The topological polar surface area (TPSA) is 46.2 Å². The van der Waals surface area contributed by atoms with Crippen LogP contribution in [0.2, 0.25) is 0 Å². The number of hydrogen-bond donors (Lipinski definition) is 1. The molecule has 0 spiro atoms. The number of hydrogen-bond acceptors (Lipinski definition) is 2. The SMILES string of the molecule is CCC(=O)C(C)NC(=O)C1CCC(C(F)(F)F)CC1. The van der Waals surface area contributed by atoms with Crippen molar-refractivity contribution in [2.45, 2.75) is 58.2 Å². The van der Waals surface area contributed by atoms with Gasteiger partial charge >= 0.3 is 6.18 Å². The van der Waals surface area contributed by atoms with Crippen LogP contribution in [0, 0.1) is 11.8 Å². The molecule has 3 nitrogen and oxygen atoms in total. The van der Waals surface area contributed by atoms with Crippen molar-refractivity contribution >= 4 is 11.7 Å². The number of carbonyl (C=O) groups is 2. The molecule has 0 saturated heterocycles. The highest BCUT2D eigenvalue weighted by Gasteiger charge is 2.42. The van der Waals surface area contributed by atoms with Gasteiger partial charge in [-0.3, -0.25) is 9.59 Å². The molecule has 1 atom stereocenters. The van der Waals surface area contributed by atoms with Gasteiger partial charge < -0.3 is 5.32 Å². The van der Waals surface area contributed by atoms with Crippen LogP contribution in [0.15, 0.2) is 0 Å². The number of Topliss-reactive ketones (excluding diaryl/α,β-unsaturated/α-hetero) is 1. The maximum atomic E-state index is 12.5. The summed E-state index contributed by atoms with van der Waals surface area (Å²) in [6.07, 6.45) is -3.35.